The highest BCUT2D eigenvalue weighted by atomic mass is 28.4. The van der Waals surface area contributed by atoms with Crippen molar-refractivity contribution in [2.24, 2.45) is 0 Å². The molecule has 0 aromatic carbocycles. The van der Waals surface area contributed by atoms with Gasteiger partial charge in [-0.05, 0) is 24.6 Å². The average molecular weight is 204 g/mol. The summed E-state index contributed by atoms with van der Waals surface area (Å²) in [5, 5.41) is 9.28. The van der Waals surface area contributed by atoms with Crippen LogP contribution in [-0.4, -0.2) is 26.1 Å². The van der Waals surface area contributed by atoms with Crippen LogP contribution in [0, 0.1) is 0 Å². The van der Waals surface area contributed by atoms with Gasteiger partial charge in [-0.3, -0.25) is 0 Å². The molecule has 0 fully saturated rings. The van der Waals surface area contributed by atoms with Gasteiger partial charge < -0.3 is 9.53 Å². The second-order valence-corrected chi connectivity index (χ2v) is 9.85. The van der Waals surface area contributed by atoms with Crippen LogP contribution in [0.3, 0.4) is 0 Å². The Bertz CT molecular complexity index is 145. The molecule has 0 aliphatic rings. The van der Waals surface area contributed by atoms with E-state index >= 15 is 0 Å². The van der Waals surface area contributed by atoms with Crippen molar-refractivity contribution in [1.29, 1.82) is 0 Å². The van der Waals surface area contributed by atoms with Crippen molar-refractivity contribution in [3.05, 3.63) is 0 Å². The van der Waals surface area contributed by atoms with Gasteiger partial charge in [0.2, 0.25) is 0 Å². The van der Waals surface area contributed by atoms with Crippen molar-refractivity contribution in [2.45, 2.75) is 58.4 Å². The van der Waals surface area contributed by atoms with Crippen LogP contribution < -0.4 is 0 Å². The van der Waals surface area contributed by atoms with Gasteiger partial charge in [-0.15, -0.1) is 0 Å². The van der Waals surface area contributed by atoms with Crippen molar-refractivity contribution < 1.29 is 9.53 Å². The Hall–Kier alpha value is 0.137. The fourth-order valence-electron chi connectivity index (χ4n) is 0.843. The monoisotopic (exact) mass is 204 g/mol. The lowest BCUT2D eigenvalue weighted by Crippen LogP contribution is -2.44. The van der Waals surface area contributed by atoms with Crippen molar-refractivity contribution in [2.75, 3.05) is 6.61 Å². The van der Waals surface area contributed by atoms with Crippen LogP contribution in [0.1, 0.15) is 34.1 Å². The van der Waals surface area contributed by atoms with E-state index in [-0.39, 0.29) is 17.7 Å². The number of rotatable bonds is 4. The Morgan fingerprint density at radius 1 is 1.31 bits per heavy atom. The Labute approximate surface area is 83.4 Å². The minimum atomic E-state index is -1.67. The molecule has 0 spiro atoms. The van der Waals surface area contributed by atoms with Crippen LogP contribution in [-0.2, 0) is 4.43 Å². The van der Waals surface area contributed by atoms with Crippen LogP contribution in [0.15, 0.2) is 0 Å². The third-order valence-corrected chi connectivity index (χ3v) is 7.46. The quantitative estimate of drug-likeness (QED) is 0.714. The molecule has 80 valence electrons. The molecule has 0 saturated carbocycles. The topological polar surface area (TPSA) is 29.5 Å². The summed E-state index contributed by atoms with van der Waals surface area (Å²) >= 11 is 0. The van der Waals surface area contributed by atoms with Crippen LogP contribution in [0.2, 0.25) is 18.1 Å². The van der Waals surface area contributed by atoms with Gasteiger partial charge in [-0.1, -0.05) is 27.7 Å². The summed E-state index contributed by atoms with van der Waals surface area (Å²) in [5.74, 6) is 0. The number of hydrogen-bond acceptors (Lipinski definition) is 2. The molecule has 0 heterocycles. The highest BCUT2D eigenvalue weighted by molar-refractivity contribution is 6.74. The van der Waals surface area contributed by atoms with Gasteiger partial charge in [-0.25, -0.2) is 0 Å². The predicted molar refractivity (Wildman–Crippen MR) is 59.4 cm³/mol. The summed E-state index contributed by atoms with van der Waals surface area (Å²) in [5.41, 5.74) is 0. The smallest absolute Gasteiger partial charge is 0.192 e. The lowest BCUT2D eigenvalue weighted by Gasteiger charge is -2.38. The molecule has 2 nitrogen and oxygen atoms in total. The fraction of sp³-hybridized carbons (Fsp3) is 1.00. The van der Waals surface area contributed by atoms with Crippen molar-refractivity contribution in [3.8, 4) is 0 Å². The van der Waals surface area contributed by atoms with Gasteiger partial charge in [0.15, 0.2) is 8.32 Å². The summed E-state index contributed by atoms with van der Waals surface area (Å²) in [4.78, 5) is 0. The van der Waals surface area contributed by atoms with E-state index in [1.165, 1.54) is 0 Å². The summed E-state index contributed by atoms with van der Waals surface area (Å²) in [6, 6.07) is 0. The molecule has 0 rings (SSSR count). The molecular formula is C10H24O2Si. The fourth-order valence-corrected chi connectivity index (χ4v) is 2.27. The molecule has 0 aliphatic carbocycles. The van der Waals surface area contributed by atoms with E-state index in [9.17, 15) is 0 Å². The summed E-state index contributed by atoms with van der Waals surface area (Å²) < 4.78 is 5.99. The molecule has 0 saturated heterocycles. The maximum atomic E-state index is 9.05. The number of hydrogen-bond donors (Lipinski definition) is 1. The van der Waals surface area contributed by atoms with Crippen LogP contribution in [0.25, 0.3) is 0 Å². The Kier molecular flexibility index (Phi) is 4.62. The largest absolute Gasteiger partial charge is 0.412 e. The minimum absolute atomic E-state index is 0.0286. The lowest BCUT2D eigenvalue weighted by atomic mass is 10.2. The predicted octanol–water partition coefficient (Wildman–Crippen LogP) is 2.78. The van der Waals surface area contributed by atoms with E-state index in [0.717, 1.165) is 6.42 Å². The molecule has 1 atom stereocenters. The highest BCUT2D eigenvalue weighted by Crippen LogP contribution is 2.37. The molecule has 0 radical (unpaired) electrons. The van der Waals surface area contributed by atoms with Gasteiger partial charge in [0.25, 0.3) is 0 Å². The third-order valence-electron chi connectivity index (χ3n) is 2.93. The van der Waals surface area contributed by atoms with E-state index in [2.05, 4.69) is 33.9 Å². The number of aliphatic hydroxyl groups is 1. The van der Waals surface area contributed by atoms with Crippen LogP contribution in [0.5, 0.6) is 0 Å². The first-order valence-corrected chi connectivity index (χ1v) is 7.94. The second kappa shape index (κ2) is 4.58. The van der Waals surface area contributed by atoms with Crippen molar-refractivity contribution >= 4 is 8.32 Å². The zero-order valence-electron chi connectivity index (χ0n) is 9.85. The van der Waals surface area contributed by atoms with Gasteiger partial charge in [-0.2, -0.15) is 0 Å². The first-order chi connectivity index (χ1) is 5.74. The van der Waals surface area contributed by atoms with E-state index in [4.69, 9.17) is 9.53 Å². The first-order valence-electron chi connectivity index (χ1n) is 5.03. The molecule has 0 aromatic rings. The zero-order chi connectivity index (χ0) is 10.7. The van der Waals surface area contributed by atoms with Crippen molar-refractivity contribution in [1.82, 2.24) is 0 Å². The lowest BCUT2D eigenvalue weighted by molar-refractivity contribution is 0.0999. The van der Waals surface area contributed by atoms with E-state index in [0.29, 0.717) is 0 Å². The molecule has 0 amide bonds. The van der Waals surface area contributed by atoms with Crippen molar-refractivity contribution in [3.63, 3.8) is 0 Å². The average Bonchev–Trinajstić information content (AvgIpc) is 1.98. The van der Waals surface area contributed by atoms with Gasteiger partial charge in [0.1, 0.15) is 0 Å². The molecule has 13 heavy (non-hydrogen) atoms. The standard InChI is InChI=1S/C10H24O2Si/c1-7-9(8-11)12-13(5,6)10(2,3)4/h9,11H,7-8H2,1-6H3. The van der Waals surface area contributed by atoms with E-state index in [1.54, 1.807) is 0 Å². The molecule has 1 N–H and O–H groups in total. The summed E-state index contributed by atoms with van der Waals surface area (Å²) in [7, 11) is -1.67. The second-order valence-electron chi connectivity index (χ2n) is 5.09. The highest BCUT2D eigenvalue weighted by Gasteiger charge is 2.38. The first kappa shape index (κ1) is 13.1. The maximum Gasteiger partial charge on any atom is 0.192 e. The zero-order valence-corrected chi connectivity index (χ0v) is 10.8. The third kappa shape index (κ3) is 3.79. The molecule has 0 aliphatic heterocycles. The van der Waals surface area contributed by atoms with E-state index in [1.807, 2.05) is 6.92 Å². The molecule has 0 aromatic heterocycles. The summed E-state index contributed by atoms with van der Waals surface area (Å²) in [6.07, 6.45) is 0.920. The number of aliphatic hydroxyl groups excluding tert-OH is 1. The Balaban J connectivity index is 4.31. The van der Waals surface area contributed by atoms with Gasteiger partial charge in [0.05, 0.1) is 12.7 Å². The maximum absolute atomic E-state index is 9.05. The normalized spacial score (nSPS) is 15.9. The van der Waals surface area contributed by atoms with Gasteiger partial charge in [0, 0.05) is 0 Å². The molecule has 3 heteroatoms. The SMILES string of the molecule is CCC(CO)O[Si](C)(C)C(C)(C)C. The Morgan fingerprint density at radius 2 is 1.77 bits per heavy atom. The molecule has 1 unspecified atom stereocenters. The van der Waals surface area contributed by atoms with E-state index < -0.39 is 8.32 Å². The van der Waals surface area contributed by atoms with Crippen LogP contribution in [0.4, 0.5) is 0 Å². The molecule has 0 bridgehead atoms. The Morgan fingerprint density at radius 3 is 2.00 bits per heavy atom. The van der Waals surface area contributed by atoms with Crippen LogP contribution >= 0.6 is 0 Å². The van der Waals surface area contributed by atoms with Gasteiger partial charge >= 0.3 is 0 Å². The minimum Gasteiger partial charge on any atom is -0.412 e. The molecular weight excluding hydrogens is 180 g/mol. The summed E-state index contributed by atoms with van der Waals surface area (Å²) in [6.45, 7) is 13.3.